The Bertz CT molecular complexity index is 1440. The van der Waals surface area contributed by atoms with Gasteiger partial charge in [0.1, 0.15) is 11.5 Å². The number of nitrogens with zero attached hydrogens (tertiary/aromatic N) is 1. The Morgan fingerprint density at radius 2 is 1.92 bits per heavy atom. The zero-order valence-electron chi connectivity index (χ0n) is 22.5. The Morgan fingerprint density at radius 1 is 1.21 bits per heavy atom. The smallest absolute Gasteiger partial charge is 0.308 e. The SMILES string of the molecule is CNC(=O)c1c(-c2ccc(C)cc2)oc2nc(CS(=O)(=O)NCCCC[C@H](COC)C(=O)O)c(C3CC3)cc12. The molecule has 1 saturated carbocycles. The minimum absolute atomic E-state index is 0.124. The molecule has 3 aromatic rings. The van der Waals surface area contributed by atoms with Crippen molar-refractivity contribution in [1.29, 1.82) is 0 Å². The van der Waals surface area contributed by atoms with E-state index in [1.807, 2.05) is 37.3 Å². The van der Waals surface area contributed by atoms with E-state index in [-0.39, 0.29) is 36.4 Å². The molecule has 1 amide bonds. The van der Waals surface area contributed by atoms with E-state index in [2.05, 4.69) is 15.0 Å². The van der Waals surface area contributed by atoms with Gasteiger partial charge in [0.2, 0.25) is 15.7 Å². The number of furan rings is 1. The highest BCUT2D eigenvalue weighted by Crippen LogP contribution is 2.44. The first-order valence-electron chi connectivity index (χ1n) is 13.1. The number of rotatable bonds is 14. The summed E-state index contributed by atoms with van der Waals surface area (Å²) in [5, 5.41) is 12.5. The van der Waals surface area contributed by atoms with E-state index >= 15 is 0 Å². The molecule has 1 aliphatic rings. The number of nitrogens with one attached hydrogen (secondary N) is 2. The minimum atomic E-state index is -3.71. The number of benzene rings is 1. The van der Waals surface area contributed by atoms with Crippen LogP contribution in [-0.2, 0) is 25.3 Å². The molecule has 2 heterocycles. The maximum absolute atomic E-state index is 13.0. The number of fused-ring (bicyclic) bond motifs is 1. The Labute approximate surface area is 228 Å². The molecule has 0 saturated heterocycles. The van der Waals surface area contributed by atoms with Gasteiger partial charge in [0.15, 0.2) is 0 Å². The van der Waals surface area contributed by atoms with Crippen molar-refractivity contribution in [1.82, 2.24) is 15.0 Å². The third kappa shape index (κ3) is 7.03. The van der Waals surface area contributed by atoms with Crippen molar-refractivity contribution in [3.8, 4) is 11.3 Å². The molecule has 2 aromatic heterocycles. The zero-order chi connectivity index (χ0) is 28.2. The fraction of sp³-hybridized carbons (Fsp3) is 0.464. The number of aryl methyl sites for hydroxylation is 1. The fourth-order valence-corrected chi connectivity index (χ4v) is 5.80. The summed E-state index contributed by atoms with van der Waals surface area (Å²) in [5.74, 6) is -1.56. The summed E-state index contributed by atoms with van der Waals surface area (Å²) in [4.78, 5) is 28.8. The lowest BCUT2D eigenvalue weighted by Gasteiger charge is -2.12. The highest BCUT2D eigenvalue weighted by Gasteiger charge is 2.32. The average Bonchev–Trinajstić information content (AvgIpc) is 3.67. The van der Waals surface area contributed by atoms with E-state index < -0.39 is 21.9 Å². The van der Waals surface area contributed by atoms with Gasteiger partial charge in [-0.2, -0.15) is 0 Å². The molecule has 3 N–H and O–H groups in total. The maximum atomic E-state index is 13.0. The molecule has 1 aromatic carbocycles. The first kappa shape index (κ1) is 28.7. The van der Waals surface area contributed by atoms with Crippen LogP contribution in [0.3, 0.4) is 0 Å². The summed E-state index contributed by atoms with van der Waals surface area (Å²) in [7, 11) is -0.702. The second kappa shape index (κ2) is 12.3. The predicted molar refractivity (Wildman–Crippen MR) is 147 cm³/mol. The van der Waals surface area contributed by atoms with E-state index in [0.29, 0.717) is 41.7 Å². The monoisotopic (exact) mass is 557 g/mol. The Morgan fingerprint density at radius 3 is 2.54 bits per heavy atom. The lowest BCUT2D eigenvalue weighted by molar-refractivity contribution is -0.143. The lowest BCUT2D eigenvalue weighted by Crippen LogP contribution is -2.27. The number of sulfonamides is 1. The van der Waals surface area contributed by atoms with Gasteiger partial charge in [0, 0.05) is 26.3 Å². The van der Waals surface area contributed by atoms with Crippen LogP contribution in [0.5, 0.6) is 0 Å². The number of aromatic nitrogens is 1. The molecule has 210 valence electrons. The van der Waals surface area contributed by atoms with Crippen molar-refractivity contribution in [2.75, 3.05) is 27.3 Å². The summed E-state index contributed by atoms with van der Waals surface area (Å²) in [6, 6.07) is 9.48. The van der Waals surface area contributed by atoms with Crippen molar-refractivity contribution < 1.29 is 32.3 Å². The summed E-state index contributed by atoms with van der Waals surface area (Å²) in [6.45, 7) is 2.29. The summed E-state index contributed by atoms with van der Waals surface area (Å²) in [5.41, 5.74) is 3.64. The topological polar surface area (TPSA) is 148 Å². The number of carbonyl (C=O) groups is 2. The van der Waals surface area contributed by atoms with Gasteiger partial charge in [-0.25, -0.2) is 18.1 Å². The molecular weight excluding hydrogens is 522 g/mol. The van der Waals surface area contributed by atoms with Crippen LogP contribution < -0.4 is 10.0 Å². The number of aliphatic carboxylic acids is 1. The highest BCUT2D eigenvalue weighted by molar-refractivity contribution is 7.88. The number of ether oxygens (including phenoxy) is 1. The normalized spacial score (nSPS) is 14.4. The molecule has 39 heavy (non-hydrogen) atoms. The van der Waals surface area contributed by atoms with Gasteiger partial charge in [-0.05, 0) is 50.2 Å². The second-order valence-electron chi connectivity index (χ2n) is 10.0. The largest absolute Gasteiger partial charge is 0.481 e. The van der Waals surface area contributed by atoms with Gasteiger partial charge < -0.3 is 19.6 Å². The van der Waals surface area contributed by atoms with Crippen LogP contribution in [0.15, 0.2) is 34.7 Å². The number of hydrogen-bond acceptors (Lipinski definition) is 7. The number of methoxy groups -OCH3 is 1. The van der Waals surface area contributed by atoms with Gasteiger partial charge in [-0.15, -0.1) is 0 Å². The number of carboxylic acid groups (broad SMARTS) is 1. The second-order valence-corrected chi connectivity index (χ2v) is 11.8. The Kier molecular flexibility index (Phi) is 9.04. The van der Waals surface area contributed by atoms with Gasteiger partial charge >= 0.3 is 5.97 Å². The maximum Gasteiger partial charge on any atom is 0.308 e. The third-order valence-electron chi connectivity index (χ3n) is 6.93. The summed E-state index contributed by atoms with van der Waals surface area (Å²) < 4.78 is 39.6. The first-order valence-corrected chi connectivity index (χ1v) is 14.7. The third-order valence-corrected chi connectivity index (χ3v) is 8.22. The van der Waals surface area contributed by atoms with E-state index in [0.717, 1.165) is 29.5 Å². The molecule has 1 aliphatic carbocycles. The van der Waals surface area contributed by atoms with Crippen molar-refractivity contribution in [2.45, 2.75) is 50.7 Å². The first-order chi connectivity index (χ1) is 18.6. The fourth-order valence-electron chi connectivity index (χ4n) is 4.65. The van der Waals surface area contributed by atoms with Crippen LogP contribution in [0.1, 0.15) is 65.2 Å². The van der Waals surface area contributed by atoms with Crippen LogP contribution in [0.25, 0.3) is 22.4 Å². The van der Waals surface area contributed by atoms with Crippen molar-refractivity contribution in [3.05, 3.63) is 52.7 Å². The van der Waals surface area contributed by atoms with Gasteiger partial charge in [0.25, 0.3) is 5.91 Å². The van der Waals surface area contributed by atoms with Crippen molar-refractivity contribution >= 4 is 33.0 Å². The van der Waals surface area contributed by atoms with Gasteiger partial charge in [-0.3, -0.25) is 9.59 Å². The number of carboxylic acids is 1. The van der Waals surface area contributed by atoms with Crippen LogP contribution in [-0.4, -0.2) is 57.7 Å². The van der Waals surface area contributed by atoms with E-state index in [4.69, 9.17) is 9.15 Å². The number of hydrogen-bond donors (Lipinski definition) is 3. The summed E-state index contributed by atoms with van der Waals surface area (Å²) >= 11 is 0. The highest BCUT2D eigenvalue weighted by atomic mass is 32.2. The molecule has 11 heteroatoms. The Hall–Kier alpha value is -3.28. The van der Waals surface area contributed by atoms with Gasteiger partial charge in [-0.1, -0.05) is 36.2 Å². The van der Waals surface area contributed by atoms with E-state index in [9.17, 15) is 23.1 Å². The number of pyridine rings is 1. The lowest BCUT2D eigenvalue weighted by atomic mass is 10.0. The molecule has 10 nitrogen and oxygen atoms in total. The van der Waals surface area contributed by atoms with E-state index in [1.54, 1.807) is 7.05 Å². The number of unbranched alkanes of at least 4 members (excludes halogenated alkanes) is 1. The van der Waals surface area contributed by atoms with Crippen molar-refractivity contribution in [3.63, 3.8) is 0 Å². The molecule has 1 fully saturated rings. The zero-order valence-corrected chi connectivity index (χ0v) is 23.3. The number of carbonyl (C=O) groups excluding carboxylic acids is 1. The molecule has 0 radical (unpaired) electrons. The van der Waals surface area contributed by atoms with E-state index in [1.165, 1.54) is 7.11 Å². The molecule has 4 rings (SSSR count). The minimum Gasteiger partial charge on any atom is -0.481 e. The molecule has 0 bridgehead atoms. The Balaban J connectivity index is 1.56. The van der Waals surface area contributed by atoms with Gasteiger partial charge in [0.05, 0.1) is 29.2 Å². The molecular formula is C28H35N3O7S. The predicted octanol–water partition coefficient (Wildman–Crippen LogP) is 3.98. The number of amides is 1. The average molecular weight is 558 g/mol. The summed E-state index contributed by atoms with van der Waals surface area (Å²) in [6.07, 6.45) is 3.32. The molecule has 0 unspecified atom stereocenters. The van der Waals surface area contributed by atoms with Crippen LogP contribution in [0.2, 0.25) is 0 Å². The molecule has 0 aliphatic heterocycles. The van der Waals surface area contributed by atoms with Crippen molar-refractivity contribution in [2.24, 2.45) is 5.92 Å². The van der Waals surface area contributed by atoms with Crippen LogP contribution >= 0.6 is 0 Å². The standard InChI is InChI=1S/C28H35N3O7S/c1-17-7-9-19(10-8-17)25-24(26(32)29-2)22-14-21(18-11-12-18)23(31-27(22)38-25)16-39(35,36)30-13-5-4-6-20(15-37-3)28(33)34/h7-10,14,18,20,30H,4-6,11-13,15-16H2,1-3H3,(H,29,32)(H,33,34)/t20-/m1/s1. The molecule has 0 spiro atoms. The quantitative estimate of drug-likeness (QED) is 0.252. The molecule has 1 atom stereocenters. The van der Waals surface area contributed by atoms with Crippen LogP contribution in [0, 0.1) is 12.8 Å². The van der Waals surface area contributed by atoms with Crippen LogP contribution in [0.4, 0.5) is 0 Å².